The van der Waals surface area contributed by atoms with Crippen LogP contribution in [0.2, 0.25) is 0 Å². The molecule has 0 aliphatic heterocycles. The first-order valence-corrected chi connectivity index (χ1v) is 8.55. The van der Waals surface area contributed by atoms with Gasteiger partial charge in [-0.3, -0.25) is 4.79 Å². The van der Waals surface area contributed by atoms with Gasteiger partial charge in [0, 0.05) is 12.6 Å². The summed E-state index contributed by atoms with van der Waals surface area (Å²) in [6.07, 6.45) is -5.03. The molecule has 1 aromatic carbocycles. The number of carbonyl (C=O) groups is 1. The molecule has 0 aromatic heterocycles. The minimum Gasteiger partial charge on any atom is -0.404 e. The molecule has 0 atom stereocenters. The number of halogens is 3. The van der Waals surface area contributed by atoms with E-state index in [-0.39, 0.29) is 12.6 Å². The van der Waals surface area contributed by atoms with Crippen molar-refractivity contribution in [2.45, 2.75) is 38.1 Å². The normalized spacial score (nSPS) is 12.5. The summed E-state index contributed by atoms with van der Waals surface area (Å²) in [7, 11) is -4.34. The first-order valence-electron chi connectivity index (χ1n) is 7.11. The molecule has 0 aliphatic rings. The van der Waals surface area contributed by atoms with Crippen LogP contribution >= 0.6 is 0 Å². The van der Waals surface area contributed by atoms with Crippen LogP contribution in [0.1, 0.15) is 20.8 Å². The summed E-state index contributed by atoms with van der Waals surface area (Å²) in [5.41, 5.74) is 0. The van der Waals surface area contributed by atoms with Gasteiger partial charge in [-0.25, -0.2) is 8.42 Å². The van der Waals surface area contributed by atoms with Crippen molar-refractivity contribution >= 4 is 15.9 Å². The predicted molar refractivity (Wildman–Crippen MR) is 80.8 cm³/mol. The van der Waals surface area contributed by atoms with E-state index >= 15 is 0 Å². The zero-order valence-corrected chi connectivity index (χ0v) is 14.2. The van der Waals surface area contributed by atoms with Crippen LogP contribution in [0.25, 0.3) is 0 Å². The molecular weight excluding hydrogens is 349 g/mol. The Labute approximate surface area is 138 Å². The van der Waals surface area contributed by atoms with Crippen molar-refractivity contribution in [3.63, 3.8) is 0 Å². The second-order valence-electron chi connectivity index (χ2n) is 5.15. The molecule has 0 unspecified atom stereocenters. The standard InChI is InChI=1S/C14H19F3N2O4S/c1-4-19(9-13(20)18-10(2)3)24(21,22)12-8-6-5-7-11(12)23-14(15,16)17/h5-8,10H,4,9H2,1-3H3,(H,18,20). The molecule has 24 heavy (non-hydrogen) atoms. The Kier molecular flexibility index (Phi) is 6.61. The minimum absolute atomic E-state index is 0.0891. The van der Waals surface area contributed by atoms with E-state index in [1.54, 1.807) is 13.8 Å². The Hall–Kier alpha value is -1.81. The van der Waals surface area contributed by atoms with E-state index in [1.165, 1.54) is 19.1 Å². The number of likely N-dealkylation sites (N-methyl/N-ethyl adjacent to an activating group) is 1. The summed E-state index contributed by atoms with van der Waals surface area (Å²) in [6.45, 7) is 4.29. The van der Waals surface area contributed by atoms with E-state index in [1.807, 2.05) is 0 Å². The van der Waals surface area contributed by atoms with Gasteiger partial charge in [0.25, 0.3) is 0 Å². The lowest BCUT2D eigenvalue weighted by Gasteiger charge is -2.22. The molecule has 0 radical (unpaired) electrons. The number of nitrogens with zero attached hydrogens (tertiary/aromatic N) is 1. The average Bonchev–Trinajstić information content (AvgIpc) is 2.42. The van der Waals surface area contributed by atoms with Gasteiger partial charge in [0.1, 0.15) is 10.6 Å². The van der Waals surface area contributed by atoms with E-state index in [2.05, 4.69) is 10.1 Å². The molecule has 1 rings (SSSR count). The molecule has 0 bridgehead atoms. The molecule has 0 heterocycles. The summed E-state index contributed by atoms with van der Waals surface area (Å²) < 4.78 is 67.1. The summed E-state index contributed by atoms with van der Waals surface area (Å²) in [6, 6.07) is 4.21. The third-order valence-electron chi connectivity index (χ3n) is 2.81. The molecule has 10 heteroatoms. The minimum atomic E-state index is -5.03. The van der Waals surface area contributed by atoms with Gasteiger partial charge < -0.3 is 10.1 Å². The van der Waals surface area contributed by atoms with Crippen LogP contribution in [0.4, 0.5) is 13.2 Å². The maximum absolute atomic E-state index is 12.6. The molecule has 136 valence electrons. The van der Waals surface area contributed by atoms with Crippen molar-refractivity contribution in [1.82, 2.24) is 9.62 Å². The third-order valence-corrected chi connectivity index (χ3v) is 4.78. The van der Waals surface area contributed by atoms with E-state index < -0.39 is 39.5 Å². The topological polar surface area (TPSA) is 75.7 Å². The summed E-state index contributed by atoms with van der Waals surface area (Å²) in [5.74, 6) is -1.39. The highest BCUT2D eigenvalue weighted by atomic mass is 32.2. The number of amides is 1. The van der Waals surface area contributed by atoms with Gasteiger partial charge in [-0.05, 0) is 26.0 Å². The van der Waals surface area contributed by atoms with Crippen molar-refractivity contribution in [2.75, 3.05) is 13.1 Å². The van der Waals surface area contributed by atoms with Crippen LogP contribution in [0.5, 0.6) is 5.75 Å². The van der Waals surface area contributed by atoms with Gasteiger partial charge in [0.05, 0.1) is 6.54 Å². The third kappa shape index (κ3) is 5.68. The highest BCUT2D eigenvalue weighted by Crippen LogP contribution is 2.31. The van der Waals surface area contributed by atoms with Crippen molar-refractivity contribution in [1.29, 1.82) is 0 Å². The quantitative estimate of drug-likeness (QED) is 0.800. The molecule has 1 N–H and O–H groups in total. The molecule has 1 aromatic rings. The largest absolute Gasteiger partial charge is 0.573 e. The zero-order chi connectivity index (χ0) is 18.5. The first kappa shape index (κ1) is 20.2. The van der Waals surface area contributed by atoms with Crippen molar-refractivity contribution < 1.29 is 31.1 Å². The number of nitrogens with one attached hydrogen (secondary N) is 1. The van der Waals surface area contributed by atoms with Crippen molar-refractivity contribution in [3.8, 4) is 5.75 Å². The number of sulfonamides is 1. The predicted octanol–water partition coefficient (Wildman–Crippen LogP) is 2.12. The molecule has 0 aliphatic carbocycles. The fraction of sp³-hybridized carbons (Fsp3) is 0.500. The molecule has 6 nitrogen and oxygen atoms in total. The molecule has 1 amide bonds. The van der Waals surface area contributed by atoms with E-state index in [9.17, 15) is 26.4 Å². The Morgan fingerprint density at radius 1 is 1.29 bits per heavy atom. The van der Waals surface area contributed by atoms with Crippen LogP contribution in [0.3, 0.4) is 0 Å². The number of carbonyl (C=O) groups excluding carboxylic acids is 1. The number of hydrogen-bond acceptors (Lipinski definition) is 4. The maximum Gasteiger partial charge on any atom is 0.573 e. The van der Waals surface area contributed by atoms with Gasteiger partial charge in [0.2, 0.25) is 15.9 Å². The monoisotopic (exact) mass is 368 g/mol. The lowest BCUT2D eigenvalue weighted by molar-refractivity contribution is -0.275. The Morgan fingerprint density at radius 3 is 2.38 bits per heavy atom. The highest BCUT2D eigenvalue weighted by Gasteiger charge is 2.35. The smallest absolute Gasteiger partial charge is 0.404 e. The van der Waals surface area contributed by atoms with Gasteiger partial charge >= 0.3 is 6.36 Å². The van der Waals surface area contributed by atoms with Crippen LogP contribution in [0, 0.1) is 0 Å². The van der Waals surface area contributed by atoms with Gasteiger partial charge in [-0.1, -0.05) is 19.1 Å². The number of ether oxygens (including phenoxy) is 1. The van der Waals surface area contributed by atoms with Crippen LogP contribution in [-0.4, -0.2) is 44.1 Å². The Bertz CT molecular complexity index is 675. The van der Waals surface area contributed by atoms with Crippen molar-refractivity contribution in [3.05, 3.63) is 24.3 Å². The highest BCUT2D eigenvalue weighted by molar-refractivity contribution is 7.89. The number of alkyl halides is 3. The zero-order valence-electron chi connectivity index (χ0n) is 13.4. The van der Waals surface area contributed by atoms with Crippen LogP contribution in [-0.2, 0) is 14.8 Å². The fourth-order valence-corrected chi connectivity index (χ4v) is 3.43. The summed E-state index contributed by atoms with van der Waals surface area (Å²) in [5, 5.41) is 2.53. The van der Waals surface area contributed by atoms with Crippen LogP contribution < -0.4 is 10.1 Å². The van der Waals surface area contributed by atoms with Gasteiger partial charge in [-0.2, -0.15) is 4.31 Å². The Balaban J connectivity index is 3.16. The summed E-state index contributed by atoms with van der Waals surface area (Å²) in [4.78, 5) is 11.1. The second-order valence-corrected chi connectivity index (χ2v) is 7.05. The number of hydrogen-bond donors (Lipinski definition) is 1. The van der Waals surface area contributed by atoms with Gasteiger partial charge in [0.15, 0.2) is 0 Å². The molecule has 0 spiro atoms. The van der Waals surface area contributed by atoms with Gasteiger partial charge in [-0.15, -0.1) is 13.2 Å². The van der Waals surface area contributed by atoms with Crippen LogP contribution in [0.15, 0.2) is 29.2 Å². The second kappa shape index (κ2) is 7.84. The Morgan fingerprint density at radius 2 is 1.88 bits per heavy atom. The lowest BCUT2D eigenvalue weighted by atomic mass is 10.3. The molecular formula is C14H19F3N2O4S. The average molecular weight is 368 g/mol. The van der Waals surface area contributed by atoms with E-state index in [0.717, 1.165) is 16.4 Å². The number of para-hydroxylation sites is 1. The first-order chi connectivity index (χ1) is 11.0. The number of rotatable bonds is 7. The SMILES string of the molecule is CCN(CC(=O)NC(C)C)S(=O)(=O)c1ccccc1OC(F)(F)F. The molecule has 0 saturated carbocycles. The maximum atomic E-state index is 12.6. The van der Waals surface area contributed by atoms with E-state index in [4.69, 9.17) is 0 Å². The van der Waals surface area contributed by atoms with E-state index in [0.29, 0.717) is 0 Å². The number of benzene rings is 1. The van der Waals surface area contributed by atoms with Crippen molar-refractivity contribution in [2.24, 2.45) is 0 Å². The lowest BCUT2D eigenvalue weighted by Crippen LogP contribution is -2.42. The molecule has 0 fully saturated rings. The molecule has 0 saturated heterocycles. The summed E-state index contributed by atoms with van der Waals surface area (Å²) >= 11 is 0. The fourth-order valence-electron chi connectivity index (χ4n) is 1.91.